The van der Waals surface area contributed by atoms with Gasteiger partial charge in [-0.3, -0.25) is 9.59 Å². The SMILES string of the molecule is CCCCOC(=O)C(CN)(C(=O)OCCCC)c1ccccc1. The predicted molar refractivity (Wildman–Crippen MR) is 88.9 cm³/mol. The van der Waals surface area contributed by atoms with Gasteiger partial charge >= 0.3 is 11.9 Å². The summed E-state index contributed by atoms with van der Waals surface area (Å²) in [7, 11) is 0. The van der Waals surface area contributed by atoms with E-state index in [2.05, 4.69) is 0 Å². The Balaban J connectivity index is 3.07. The summed E-state index contributed by atoms with van der Waals surface area (Å²) < 4.78 is 10.6. The van der Waals surface area contributed by atoms with E-state index < -0.39 is 17.4 Å². The molecule has 128 valence electrons. The van der Waals surface area contributed by atoms with Gasteiger partial charge in [-0.25, -0.2) is 0 Å². The van der Waals surface area contributed by atoms with Crippen molar-refractivity contribution >= 4 is 11.9 Å². The summed E-state index contributed by atoms with van der Waals surface area (Å²) in [6, 6.07) is 8.75. The first-order valence-electron chi connectivity index (χ1n) is 8.23. The van der Waals surface area contributed by atoms with Crippen molar-refractivity contribution in [3.63, 3.8) is 0 Å². The number of benzene rings is 1. The lowest BCUT2D eigenvalue weighted by Crippen LogP contribution is -2.51. The number of hydrogen-bond donors (Lipinski definition) is 1. The molecule has 0 unspecified atom stereocenters. The third-order valence-corrected chi connectivity index (χ3v) is 3.73. The molecule has 2 N–H and O–H groups in total. The molecule has 5 heteroatoms. The van der Waals surface area contributed by atoms with Gasteiger partial charge in [-0.2, -0.15) is 0 Å². The fourth-order valence-corrected chi connectivity index (χ4v) is 2.19. The minimum atomic E-state index is -1.59. The Bertz CT molecular complexity index is 465. The summed E-state index contributed by atoms with van der Waals surface area (Å²) in [5.41, 5.74) is 4.76. The van der Waals surface area contributed by atoms with Gasteiger partial charge in [0.2, 0.25) is 5.41 Å². The maximum absolute atomic E-state index is 12.6. The smallest absolute Gasteiger partial charge is 0.329 e. The second-order valence-electron chi connectivity index (χ2n) is 5.45. The molecule has 1 rings (SSSR count). The maximum atomic E-state index is 12.6. The Labute approximate surface area is 138 Å². The lowest BCUT2D eigenvalue weighted by atomic mass is 9.80. The van der Waals surface area contributed by atoms with Gasteiger partial charge in [0.15, 0.2) is 0 Å². The summed E-state index contributed by atoms with van der Waals surface area (Å²) >= 11 is 0. The molecule has 0 bridgehead atoms. The number of esters is 2. The van der Waals surface area contributed by atoms with Crippen LogP contribution in [-0.2, 0) is 24.5 Å². The molecule has 0 amide bonds. The van der Waals surface area contributed by atoms with Crippen molar-refractivity contribution in [3.05, 3.63) is 35.9 Å². The fraction of sp³-hybridized carbons (Fsp3) is 0.556. The average Bonchev–Trinajstić information content (AvgIpc) is 2.57. The van der Waals surface area contributed by atoms with Crippen molar-refractivity contribution in [1.29, 1.82) is 0 Å². The zero-order valence-electron chi connectivity index (χ0n) is 14.0. The minimum absolute atomic E-state index is 0.188. The topological polar surface area (TPSA) is 78.6 Å². The third kappa shape index (κ3) is 4.79. The molecule has 0 aliphatic heterocycles. The van der Waals surface area contributed by atoms with Gasteiger partial charge in [0.05, 0.1) is 13.2 Å². The van der Waals surface area contributed by atoms with E-state index in [9.17, 15) is 9.59 Å². The monoisotopic (exact) mass is 321 g/mol. The van der Waals surface area contributed by atoms with Crippen molar-refractivity contribution < 1.29 is 19.1 Å². The Morgan fingerprint density at radius 3 is 1.83 bits per heavy atom. The normalized spacial score (nSPS) is 11.1. The molecule has 1 aromatic carbocycles. The van der Waals surface area contributed by atoms with Crippen LogP contribution in [0, 0.1) is 0 Å². The molecule has 5 nitrogen and oxygen atoms in total. The third-order valence-electron chi connectivity index (χ3n) is 3.73. The summed E-state index contributed by atoms with van der Waals surface area (Å²) in [6.45, 7) is 4.35. The van der Waals surface area contributed by atoms with Gasteiger partial charge in [0.1, 0.15) is 0 Å². The van der Waals surface area contributed by atoms with E-state index in [-0.39, 0.29) is 19.8 Å². The highest BCUT2D eigenvalue weighted by atomic mass is 16.6. The predicted octanol–water partition coefficient (Wildman–Crippen LogP) is 2.57. The summed E-state index contributed by atoms with van der Waals surface area (Å²) in [4.78, 5) is 25.3. The van der Waals surface area contributed by atoms with Gasteiger partial charge in [-0.05, 0) is 18.4 Å². The van der Waals surface area contributed by atoms with Crippen LogP contribution < -0.4 is 5.73 Å². The highest BCUT2D eigenvalue weighted by Gasteiger charge is 2.49. The van der Waals surface area contributed by atoms with Crippen LogP contribution in [0.15, 0.2) is 30.3 Å². The highest BCUT2D eigenvalue weighted by Crippen LogP contribution is 2.27. The molecule has 23 heavy (non-hydrogen) atoms. The molecular formula is C18H27NO4. The molecule has 0 spiro atoms. The van der Waals surface area contributed by atoms with E-state index >= 15 is 0 Å². The number of ether oxygens (including phenoxy) is 2. The maximum Gasteiger partial charge on any atom is 0.329 e. The quantitative estimate of drug-likeness (QED) is 0.407. The molecule has 0 heterocycles. The Hall–Kier alpha value is -1.88. The van der Waals surface area contributed by atoms with Gasteiger partial charge in [-0.1, -0.05) is 57.0 Å². The lowest BCUT2D eigenvalue weighted by molar-refractivity contribution is -0.165. The number of unbranched alkanes of at least 4 members (excludes halogenated alkanes) is 2. The first-order valence-corrected chi connectivity index (χ1v) is 8.23. The van der Waals surface area contributed by atoms with E-state index in [4.69, 9.17) is 15.2 Å². The molecule has 1 aromatic rings. The largest absolute Gasteiger partial charge is 0.465 e. The van der Waals surface area contributed by atoms with E-state index in [1.165, 1.54) is 0 Å². The van der Waals surface area contributed by atoms with Crippen LogP contribution >= 0.6 is 0 Å². The van der Waals surface area contributed by atoms with Crippen LogP contribution in [0.2, 0.25) is 0 Å². The average molecular weight is 321 g/mol. The fourth-order valence-electron chi connectivity index (χ4n) is 2.19. The molecule has 0 fully saturated rings. The van der Waals surface area contributed by atoms with Crippen LogP contribution in [0.4, 0.5) is 0 Å². The Morgan fingerprint density at radius 2 is 1.43 bits per heavy atom. The summed E-state index contributed by atoms with van der Waals surface area (Å²) in [5.74, 6) is -1.28. The summed E-state index contributed by atoms with van der Waals surface area (Å²) in [6.07, 6.45) is 3.28. The highest BCUT2D eigenvalue weighted by molar-refractivity contribution is 6.06. The van der Waals surface area contributed by atoms with Crippen LogP contribution in [0.1, 0.15) is 45.1 Å². The van der Waals surface area contributed by atoms with Crippen molar-refractivity contribution in [2.24, 2.45) is 5.73 Å². The van der Waals surface area contributed by atoms with Crippen molar-refractivity contribution in [3.8, 4) is 0 Å². The number of rotatable bonds is 10. The van der Waals surface area contributed by atoms with E-state index in [1.807, 2.05) is 19.9 Å². The van der Waals surface area contributed by atoms with E-state index in [0.717, 1.165) is 25.7 Å². The molecule has 0 aromatic heterocycles. The second-order valence-corrected chi connectivity index (χ2v) is 5.45. The Kier molecular flexibility index (Phi) is 8.33. The van der Waals surface area contributed by atoms with Crippen molar-refractivity contribution in [1.82, 2.24) is 0 Å². The minimum Gasteiger partial charge on any atom is -0.465 e. The van der Waals surface area contributed by atoms with Crippen LogP contribution in [0.5, 0.6) is 0 Å². The van der Waals surface area contributed by atoms with Gasteiger partial charge in [-0.15, -0.1) is 0 Å². The number of hydrogen-bond acceptors (Lipinski definition) is 5. The summed E-state index contributed by atoms with van der Waals surface area (Å²) in [5, 5.41) is 0. The van der Waals surface area contributed by atoms with Crippen molar-refractivity contribution in [2.75, 3.05) is 19.8 Å². The second kappa shape index (κ2) is 10.0. The number of carbonyl (C=O) groups excluding carboxylic acids is 2. The number of carbonyl (C=O) groups is 2. The van der Waals surface area contributed by atoms with Gasteiger partial charge in [0.25, 0.3) is 0 Å². The molecule has 0 atom stereocenters. The Morgan fingerprint density at radius 1 is 0.957 bits per heavy atom. The molecule has 0 saturated heterocycles. The van der Waals surface area contributed by atoms with Crippen LogP contribution in [-0.4, -0.2) is 31.7 Å². The van der Waals surface area contributed by atoms with Crippen LogP contribution in [0.3, 0.4) is 0 Å². The van der Waals surface area contributed by atoms with Gasteiger partial charge in [0, 0.05) is 6.54 Å². The number of nitrogens with two attached hydrogens (primary N) is 1. The van der Waals surface area contributed by atoms with Crippen LogP contribution in [0.25, 0.3) is 0 Å². The molecule has 0 aliphatic carbocycles. The standard InChI is InChI=1S/C18H27NO4/c1-3-5-12-22-16(20)18(14-19,15-10-8-7-9-11-15)17(21)23-13-6-4-2/h7-11H,3-6,12-14,19H2,1-2H3. The molecule has 0 aliphatic rings. The van der Waals surface area contributed by atoms with Gasteiger partial charge < -0.3 is 15.2 Å². The molecule has 0 saturated carbocycles. The first-order chi connectivity index (χ1) is 11.1. The zero-order chi connectivity index (χ0) is 17.1. The van der Waals surface area contributed by atoms with E-state index in [0.29, 0.717) is 5.56 Å². The van der Waals surface area contributed by atoms with E-state index in [1.54, 1.807) is 24.3 Å². The molecule has 0 radical (unpaired) electrons. The zero-order valence-corrected chi connectivity index (χ0v) is 14.0. The molecular weight excluding hydrogens is 294 g/mol. The first kappa shape index (κ1) is 19.2. The lowest BCUT2D eigenvalue weighted by Gasteiger charge is -2.28. The van der Waals surface area contributed by atoms with Crippen molar-refractivity contribution in [2.45, 2.75) is 44.9 Å².